The van der Waals surface area contributed by atoms with Gasteiger partial charge < -0.3 is 14.8 Å². The molecule has 2 aromatic rings. The van der Waals surface area contributed by atoms with Crippen LogP contribution in [0.3, 0.4) is 0 Å². The van der Waals surface area contributed by atoms with Crippen LogP contribution >= 0.6 is 11.6 Å². The highest BCUT2D eigenvalue weighted by atomic mass is 35.5. The maximum Gasteiger partial charge on any atom is 0.257 e. The second-order valence-corrected chi connectivity index (χ2v) is 7.04. The number of pyridine rings is 1. The molecule has 6 heteroatoms. The Morgan fingerprint density at radius 2 is 1.96 bits per heavy atom. The van der Waals surface area contributed by atoms with Gasteiger partial charge in [-0.25, -0.2) is 4.98 Å². The SMILES string of the molecule is Cc1ccc(Cl)cc1NC(=O)c1ccc(OCCOC(C)(C)C)nc1. The van der Waals surface area contributed by atoms with Gasteiger partial charge >= 0.3 is 0 Å². The third-order valence-electron chi connectivity index (χ3n) is 3.31. The second-order valence-electron chi connectivity index (χ2n) is 6.61. The van der Waals surface area contributed by atoms with E-state index in [1.54, 1.807) is 24.3 Å². The summed E-state index contributed by atoms with van der Waals surface area (Å²) in [6.07, 6.45) is 1.48. The summed E-state index contributed by atoms with van der Waals surface area (Å²) in [5.41, 5.74) is 1.86. The fourth-order valence-corrected chi connectivity index (χ4v) is 2.19. The summed E-state index contributed by atoms with van der Waals surface area (Å²) in [6, 6.07) is 8.68. The van der Waals surface area contributed by atoms with Crippen molar-refractivity contribution >= 4 is 23.2 Å². The van der Waals surface area contributed by atoms with Crippen molar-refractivity contribution in [3.05, 3.63) is 52.7 Å². The van der Waals surface area contributed by atoms with E-state index < -0.39 is 0 Å². The fraction of sp³-hybridized carbons (Fsp3) is 0.368. The third kappa shape index (κ3) is 6.36. The number of anilines is 1. The van der Waals surface area contributed by atoms with Crippen LogP contribution in [-0.2, 0) is 4.74 Å². The number of halogens is 1. The number of carbonyl (C=O) groups is 1. The van der Waals surface area contributed by atoms with Gasteiger partial charge in [-0.15, -0.1) is 0 Å². The Kier molecular flexibility index (Phi) is 6.39. The van der Waals surface area contributed by atoms with Gasteiger partial charge in [0.05, 0.1) is 17.8 Å². The number of rotatable bonds is 6. The summed E-state index contributed by atoms with van der Waals surface area (Å²) in [5, 5.41) is 3.40. The highest BCUT2D eigenvalue weighted by molar-refractivity contribution is 6.31. The van der Waals surface area contributed by atoms with Gasteiger partial charge in [0.1, 0.15) is 6.61 Å². The van der Waals surface area contributed by atoms with Crippen LogP contribution < -0.4 is 10.1 Å². The molecule has 0 saturated heterocycles. The van der Waals surface area contributed by atoms with E-state index in [-0.39, 0.29) is 11.5 Å². The van der Waals surface area contributed by atoms with Crippen LogP contribution in [0, 0.1) is 6.92 Å². The fourth-order valence-electron chi connectivity index (χ4n) is 2.02. The summed E-state index contributed by atoms with van der Waals surface area (Å²) >= 11 is 5.97. The van der Waals surface area contributed by atoms with E-state index in [1.807, 2.05) is 33.8 Å². The predicted octanol–water partition coefficient (Wildman–Crippen LogP) is 4.49. The van der Waals surface area contributed by atoms with E-state index in [1.165, 1.54) is 6.20 Å². The Morgan fingerprint density at radius 1 is 1.20 bits per heavy atom. The third-order valence-corrected chi connectivity index (χ3v) is 3.55. The average Bonchev–Trinajstić information content (AvgIpc) is 2.54. The molecule has 5 nitrogen and oxygen atoms in total. The quantitative estimate of drug-likeness (QED) is 0.769. The molecule has 0 aliphatic heterocycles. The summed E-state index contributed by atoms with van der Waals surface area (Å²) in [7, 11) is 0. The smallest absolute Gasteiger partial charge is 0.257 e. The zero-order valence-electron chi connectivity index (χ0n) is 14.9. The zero-order valence-corrected chi connectivity index (χ0v) is 15.7. The number of aromatic nitrogens is 1. The van der Waals surface area contributed by atoms with Crippen LogP contribution in [0.15, 0.2) is 36.5 Å². The Balaban J connectivity index is 1.90. The van der Waals surface area contributed by atoms with Gasteiger partial charge in [0.25, 0.3) is 5.91 Å². The van der Waals surface area contributed by atoms with Crippen LogP contribution in [0.25, 0.3) is 0 Å². The van der Waals surface area contributed by atoms with Crippen molar-refractivity contribution in [2.24, 2.45) is 0 Å². The van der Waals surface area contributed by atoms with Gasteiger partial charge in [-0.1, -0.05) is 17.7 Å². The molecule has 0 spiro atoms. The highest BCUT2D eigenvalue weighted by Crippen LogP contribution is 2.21. The minimum atomic E-state index is -0.250. The molecule has 0 fully saturated rings. The summed E-state index contributed by atoms with van der Waals surface area (Å²) in [4.78, 5) is 16.5. The molecule has 0 aliphatic rings. The summed E-state index contributed by atoms with van der Waals surface area (Å²) in [6.45, 7) is 8.74. The first-order chi connectivity index (χ1) is 11.7. The van der Waals surface area contributed by atoms with E-state index in [2.05, 4.69) is 10.3 Å². The number of nitrogens with zero attached hydrogens (tertiary/aromatic N) is 1. The molecule has 0 unspecified atom stereocenters. The van der Waals surface area contributed by atoms with Crippen molar-refractivity contribution in [1.82, 2.24) is 4.98 Å². The van der Waals surface area contributed by atoms with Gasteiger partial charge in [-0.3, -0.25) is 4.79 Å². The zero-order chi connectivity index (χ0) is 18.4. The van der Waals surface area contributed by atoms with Crippen molar-refractivity contribution in [2.75, 3.05) is 18.5 Å². The summed E-state index contributed by atoms with van der Waals surface area (Å²) in [5.74, 6) is 0.202. The van der Waals surface area contributed by atoms with E-state index in [0.717, 1.165) is 5.56 Å². The van der Waals surface area contributed by atoms with Crippen LogP contribution in [0.5, 0.6) is 5.88 Å². The van der Waals surface area contributed by atoms with Gasteiger partial charge in [0.15, 0.2) is 0 Å². The minimum absolute atomic E-state index is 0.197. The number of hydrogen-bond donors (Lipinski definition) is 1. The molecular formula is C19H23ClN2O3. The van der Waals surface area contributed by atoms with Crippen molar-refractivity contribution in [2.45, 2.75) is 33.3 Å². The molecule has 1 N–H and O–H groups in total. The van der Waals surface area contributed by atoms with Gasteiger partial charge in [-0.2, -0.15) is 0 Å². The number of carbonyl (C=O) groups excluding carboxylic acids is 1. The topological polar surface area (TPSA) is 60.5 Å². The number of nitrogens with one attached hydrogen (secondary N) is 1. The lowest BCUT2D eigenvalue weighted by atomic mass is 10.2. The lowest BCUT2D eigenvalue weighted by Crippen LogP contribution is -2.22. The largest absolute Gasteiger partial charge is 0.475 e. The van der Waals surface area contributed by atoms with E-state index >= 15 is 0 Å². The maximum atomic E-state index is 12.3. The Hall–Kier alpha value is -2.11. The Bertz CT molecular complexity index is 724. The number of amides is 1. The minimum Gasteiger partial charge on any atom is -0.475 e. The molecule has 0 atom stereocenters. The molecule has 0 radical (unpaired) electrons. The monoisotopic (exact) mass is 362 g/mol. The predicted molar refractivity (Wildman–Crippen MR) is 99.6 cm³/mol. The lowest BCUT2D eigenvalue weighted by molar-refractivity contribution is -0.0168. The Labute approximate surface area is 153 Å². The van der Waals surface area contributed by atoms with Crippen molar-refractivity contribution in [3.63, 3.8) is 0 Å². The van der Waals surface area contributed by atoms with Gasteiger partial charge in [0, 0.05) is 23.0 Å². The van der Waals surface area contributed by atoms with Crippen LogP contribution in [0.2, 0.25) is 5.02 Å². The first kappa shape index (κ1) is 19.2. The molecule has 1 aromatic heterocycles. The number of benzene rings is 1. The van der Waals surface area contributed by atoms with Gasteiger partial charge in [0.2, 0.25) is 5.88 Å². The molecule has 1 heterocycles. The molecule has 1 aromatic carbocycles. The molecule has 2 rings (SSSR count). The standard InChI is InChI=1S/C19H23ClN2O3/c1-13-5-7-15(20)11-16(13)22-18(23)14-6-8-17(21-12-14)24-9-10-25-19(2,3)4/h5-8,11-12H,9-10H2,1-4H3,(H,22,23). The molecule has 134 valence electrons. The van der Waals surface area contributed by atoms with E-state index in [9.17, 15) is 4.79 Å². The first-order valence-electron chi connectivity index (χ1n) is 8.05. The van der Waals surface area contributed by atoms with Crippen molar-refractivity contribution < 1.29 is 14.3 Å². The average molecular weight is 363 g/mol. The molecule has 1 amide bonds. The van der Waals surface area contributed by atoms with Crippen LogP contribution in [-0.4, -0.2) is 29.7 Å². The van der Waals surface area contributed by atoms with Crippen molar-refractivity contribution in [1.29, 1.82) is 0 Å². The van der Waals surface area contributed by atoms with E-state index in [4.69, 9.17) is 21.1 Å². The highest BCUT2D eigenvalue weighted by Gasteiger charge is 2.11. The summed E-state index contributed by atoms with van der Waals surface area (Å²) < 4.78 is 11.1. The second kappa shape index (κ2) is 8.32. The number of aryl methyl sites for hydroxylation is 1. The van der Waals surface area contributed by atoms with E-state index in [0.29, 0.717) is 35.4 Å². The number of ether oxygens (including phenoxy) is 2. The Morgan fingerprint density at radius 3 is 2.60 bits per heavy atom. The normalized spacial score (nSPS) is 11.2. The van der Waals surface area contributed by atoms with Crippen molar-refractivity contribution in [3.8, 4) is 5.88 Å². The molecule has 0 saturated carbocycles. The molecule has 0 bridgehead atoms. The van der Waals surface area contributed by atoms with Crippen LogP contribution in [0.1, 0.15) is 36.7 Å². The molecular weight excluding hydrogens is 340 g/mol. The van der Waals surface area contributed by atoms with Crippen LogP contribution in [0.4, 0.5) is 5.69 Å². The maximum absolute atomic E-state index is 12.3. The first-order valence-corrected chi connectivity index (χ1v) is 8.43. The molecule has 25 heavy (non-hydrogen) atoms. The van der Waals surface area contributed by atoms with Gasteiger partial charge in [-0.05, 0) is 51.5 Å². The molecule has 0 aliphatic carbocycles. The lowest BCUT2D eigenvalue weighted by Gasteiger charge is -2.19. The number of hydrogen-bond acceptors (Lipinski definition) is 4.